The number of aromatic nitrogens is 1. The van der Waals surface area contributed by atoms with E-state index in [9.17, 15) is 9.59 Å². The zero-order valence-corrected chi connectivity index (χ0v) is 17.7. The largest absolute Gasteiger partial charge is 0.334 e. The number of hydrogen-bond donors (Lipinski definition) is 0. The Hall–Kier alpha value is -2.53. The van der Waals surface area contributed by atoms with Crippen molar-refractivity contribution in [2.75, 3.05) is 26.2 Å². The normalized spacial score (nSPS) is 16.4. The molecule has 1 aliphatic rings. The van der Waals surface area contributed by atoms with E-state index in [0.29, 0.717) is 11.6 Å². The van der Waals surface area contributed by atoms with Crippen LogP contribution in [-0.4, -0.2) is 58.7 Å². The molecule has 5 nitrogen and oxygen atoms in total. The predicted molar refractivity (Wildman–Crippen MR) is 116 cm³/mol. The zero-order valence-electron chi connectivity index (χ0n) is 17.7. The maximum absolute atomic E-state index is 13.1. The topological polar surface area (TPSA) is 53.5 Å². The van der Waals surface area contributed by atoms with Crippen molar-refractivity contribution in [1.29, 1.82) is 0 Å². The minimum Gasteiger partial charge on any atom is -0.334 e. The van der Waals surface area contributed by atoms with Crippen molar-refractivity contribution in [2.45, 2.75) is 46.1 Å². The molecule has 0 N–H and O–H groups in total. The van der Waals surface area contributed by atoms with Gasteiger partial charge in [-0.1, -0.05) is 26.0 Å². The Morgan fingerprint density at radius 2 is 1.83 bits per heavy atom. The molecule has 29 heavy (non-hydrogen) atoms. The van der Waals surface area contributed by atoms with E-state index in [1.54, 1.807) is 12.3 Å². The first-order valence-corrected chi connectivity index (χ1v) is 10.6. The van der Waals surface area contributed by atoms with Crippen molar-refractivity contribution in [1.82, 2.24) is 14.8 Å². The average molecular weight is 394 g/mol. The summed E-state index contributed by atoms with van der Waals surface area (Å²) in [5, 5.41) is 0. The summed E-state index contributed by atoms with van der Waals surface area (Å²) in [4.78, 5) is 33.4. The average Bonchev–Trinajstić information content (AvgIpc) is 3.21. The minimum absolute atomic E-state index is 0.00531. The van der Waals surface area contributed by atoms with Crippen LogP contribution in [0.3, 0.4) is 0 Å². The summed E-state index contributed by atoms with van der Waals surface area (Å²) < 4.78 is 0. The fraction of sp³-hybridized carbons (Fsp3) is 0.458. The van der Waals surface area contributed by atoms with Crippen LogP contribution in [0.4, 0.5) is 0 Å². The van der Waals surface area contributed by atoms with Crippen molar-refractivity contribution in [3.8, 4) is 11.3 Å². The third-order valence-electron chi connectivity index (χ3n) is 5.69. The van der Waals surface area contributed by atoms with Gasteiger partial charge in [-0.15, -0.1) is 0 Å². The number of benzene rings is 1. The number of rotatable bonds is 8. The van der Waals surface area contributed by atoms with Gasteiger partial charge in [-0.25, -0.2) is 0 Å². The molecular weight excluding hydrogens is 362 g/mol. The summed E-state index contributed by atoms with van der Waals surface area (Å²) in [6, 6.07) is 11.6. The molecule has 1 atom stereocenters. The Kier molecular flexibility index (Phi) is 7.15. The van der Waals surface area contributed by atoms with Crippen molar-refractivity contribution >= 4 is 11.7 Å². The lowest BCUT2D eigenvalue weighted by molar-refractivity contribution is 0.0701. The van der Waals surface area contributed by atoms with Crippen LogP contribution in [0.25, 0.3) is 11.3 Å². The van der Waals surface area contributed by atoms with Gasteiger partial charge in [0.25, 0.3) is 5.91 Å². The molecule has 154 valence electrons. The van der Waals surface area contributed by atoms with Gasteiger partial charge in [0, 0.05) is 42.0 Å². The van der Waals surface area contributed by atoms with Gasteiger partial charge in [-0.2, -0.15) is 0 Å². The second-order valence-corrected chi connectivity index (χ2v) is 7.75. The highest BCUT2D eigenvalue weighted by molar-refractivity contribution is 5.95. The molecule has 0 unspecified atom stereocenters. The molecule has 0 radical (unpaired) electrons. The van der Waals surface area contributed by atoms with Gasteiger partial charge >= 0.3 is 0 Å². The van der Waals surface area contributed by atoms with E-state index in [4.69, 9.17) is 0 Å². The summed E-state index contributed by atoms with van der Waals surface area (Å²) in [5.41, 5.74) is 3.06. The van der Waals surface area contributed by atoms with Crippen molar-refractivity contribution in [3.05, 3.63) is 53.7 Å². The number of amides is 1. The molecule has 0 spiro atoms. The third kappa shape index (κ3) is 5.10. The third-order valence-corrected chi connectivity index (χ3v) is 5.69. The van der Waals surface area contributed by atoms with Crippen LogP contribution >= 0.6 is 0 Å². The number of ketones is 1. The summed E-state index contributed by atoms with van der Waals surface area (Å²) in [6.07, 6.45) is 4.89. The Morgan fingerprint density at radius 3 is 2.41 bits per heavy atom. The molecular formula is C24H31N3O2. The molecule has 0 saturated carbocycles. The van der Waals surface area contributed by atoms with Crippen LogP contribution in [0.15, 0.2) is 42.6 Å². The first kappa shape index (κ1) is 21.2. The molecule has 1 amide bonds. The Morgan fingerprint density at radius 1 is 1.10 bits per heavy atom. The minimum atomic E-state index is 0.00531. The number of Topliss-reactive ketones (excluding diaryl/α,β-unsaturated/α-hetero) is 1. The summed E-state index contributed by atoms with van der Waals surface area (Å²) >= 11 is 0. The Bertz CT molecular complexity index is 830. The lowest BCUT2D eigenvalue weighted by Gasteiger charge is -2.30. The van der Waals surface area contributed by atoms with E-state index in [1.165, 1.54) is 6.92 Å². The molecule has 1 saturated heterocycles. The number of nitrogens with zero attached hydrogens (tertiary/aromatic N) is 3. The molecule has 1 aliphatic heterocycles. The lowest BCUT2D eigenvalue weighted by Crippen LogP contribution is -2.43. The maximum Gasteiger partial charge on any atom is 0.254 e. The van der Waals surface area contributed by atoms with E-state index in [2.05, 4.69) is 23.7 Å². The standard InChI is InChI=1S/C24H31N3O2/c1-4-14-26(5-2)17-22-7-6-15-27(22)24(29)20-10-8-19(9-11-20)23-13-12-21(16-25-23)18(3)28/h8-13,16,22H,4-7,14-15,17H2,1-3H3/t22-/m0/s1. The SMILES string of the molecule is CCCN(CC)C[C@@H]1CCCN1C(=O)c1ccc(-c2ccc(C(C)=O)cn2)cc1. The predicted octanol–water partition coefficient (Wildman–Crippen LogP) is 4.29. The molecule has 5 heteroatoms. The number of likely N-dealkylation sites (N-methyl/N-ethyl adjacent to an activating group) is 1. The van der Waals surface area contributed by atoms with Crippen molar-refractivity contribution in [2.24, 2.45) is 0 Å². The van der Waals surface area contributed by atoms with E-state index in [0.717, 1.165) is 62.3 Å². The smallest absolute Gasteiger partial charge is 0.254 e. The molecule has 1 aromatic heterocycles. The summed E-state index contributed by atoms with van der Waals surface area (Å²) in [7, 11) is 0. The van der Waals surface area contributed by atoms with Crippen LogP contribution in [0.1, 0.15) is 60.7 Å². The summed E-state index contributed by atoms with van der Waals surface area (Å²) in [5.74, 6) is 0.122. The van der Waals surface area contributed by atoms with Gasteiger partial charge in [0.2, 0.25) is 0 Å². The number of hydrogen-bond acceptors (Lipinski definition) is 4. The molecule has 1 aromatic carbocycles. The monoisotopic (exact) mass is 393 g/mol. The van der Waals surface area contributed by atoms with Gasteiger partial charge in [-0.05, 0) is 63.5 Å². The molecule has 2 aromatic rings. The van der Waals surface area contributed by atoms with Crippen LogP contribution < -0.4 is 0 Å². The molecule has 0 aliphatic carbocycles. The summed E-state index contributed by atoms with van der Waals surface area (Å²) in [6.45, 7) is 9.82. The quantitative estimate of drug-likeness (QED) is 0.628. The number of carbonyl (C=O) groups excluding carboxylic acids is 2. The number of carbonyl (C=O) groups is 2. The van der Waals surface area contributed by atoms with E-state index in [1.807, 2.05) is 35.2 Å². The highest BCUT2D eigenvalue weighted by Gasteiger charge is 2.30. The number of likely N-dealkylation sites (tertiary alicyclic amines) is 1. The highest BCUT2D eigenvalue weighted by Crippen LogP contribution is 2.23. The van der Waals surface area contributed by atoms with Crippen LogP contribution in [0.2, 0.25) is 0 Å². The molecule has 3 rings (SSSR count). The second kappa shape index (κ2) is 9.79. The highest BCUT2D eigenvalue weighted by atomic mass is 16.2. The van der Waals surface area contributed by atoms with Crippen molar-refractivity contribution in [3.63, 3.8) is 0 Å². The zero-order chi connectivity index (χ0) is 20.8. The van der Waals surface area contributed by atoms with Gasteiger partial charge in [-0.3, -0.25) is 14.6 Å². The van der Waals surface area contributed by atoms with E-state index < -0.39 is 0 Å². The van der Waals surface area contributed by atoms with Crippen molar-refractivity contribution < 1.29 is 9.59 Å². The van der Waals surface area contributed by atoms with Gasteiger partial charge in [0.15, 0.2) is 5.78 Å². The van der Waals surface area contributed by atoms with Gasteiger partial charge < -0.3 is 9.80 Å². The Labute approximate surface area is 173 Å². The fourth-order valence-electron chi connectivity index (χ4n) is 4.01. The second-order valence-electron chi connectivity index (χ2n) is 7.75. The van der Waals surface area contributed by atoms with Crippen LogP contribution in [0.5, 0.6) is 0 Å². The van der Waals surface area contributed by atoms with Crippen LogP contribution in [-0.2, 0) is 0 Å². The molecule has 2 heterocycles. The van der Waals surface area contributed by atoms with E-state index in [-0.39, 0.29) is 11.7 Å². The maximum atomic E-state index is 13.1. The number of pyridine rings is 1. The first-order valence-electron chi connectivity index (χ1n) is 10.6. The first-order chi connectivity index (χ1) is 14.0. The molecule has 1 fully saturated rings. The van der Waals surface area contributed by atoms with E-state index >= 15 is 0 Å². The fourth-order valence-corrected chi connectivity index (χ4v) is 4.01. The van der Waals surface area contributed by atoms with Gasteiger partial charge in [0.1, 0.15) is 0 Å². The van der Waals surface area contributed by atoms with Gasteiger partial charge in [0.05, 0.1) is 5.69 Å². The lowest BCUT2D eigenvalue weighted by atomic mass is 10.1. The van der Waals surface area contributed by atoms with Crippen LogP contribution in [0, 0.1) is 0 Å². The Balaban J connectivity index is 1.70. The molecule has 0 bridgehead atoms.